The molecule has 5 nitrogen and oxygen atoms in total. The number of rotatable bonds is 4. The topological polar surface area (TPSA) is 56.7 Å². The fraction of sp³-hybridized carbons (Fsp3) is 0. The molecule has 0 aliphatic heterocycles. The third-order valence-electron chi connectivity index (χ3n) is 11.2. The lowest BCUT2D eigenvalue weighted by Gasteiger charge is -2.13. The molecule has 0 amide bonds. The van der Waals surface area contributed by atoms with E-state index in [2.05, 4.69) is 150 Å². The molecule has 3 heterocycles. The number of furan rings is 1. The van der Waals surface area contributed by atoms with E-state index < -0.39 is 0 Å². The van der Waals surface area contributed by atoms with Crippen molar-refractivity contribution in [3.8, 4) is 39.9 Å². The molecule has 0 aliphatic carbocycles. The highest BCUT2D eigenvalue weighted by atomic mass is 16.3. The summed E-state index contributed by atoms with van der Waals surface area (Å²) in [5, 5.41) is 11.7. The Kier molecular flexibility index (Phi) is 6.56. The smallest absolute Gasteiger partial charge is 0.167 e. The number of benzene rings is 9. The molecule has 0 atom stereocenters. The molecule has 12 rings (SSSR count). The van der Waals surface area contributed by atoms with Gasteiger partial charge in [0.1, 0.15) is 11.2 Å². The number of para-hydroxylation sites is 1. The summed E-state index contributed by atoms with van der Waals surface area (Å²) in [5.74, 6) is 1.75. The summed E-state index contributed by atoms with van der Waals surface area (Å²) in [6, 6.07) is 63.9. The lowest BCUT2D eigenvalue weighted by molar-refractivity contribution is 0.670. The summed E-state index contributed by atoms with van der Waals surface area (Å²) in [4.78, 5) is 15.5. The SMILES string of the molecule is c1ccc(-c2nc(-c3cccc(-n4c5cc6ccccc6cc5c5ccc6ccccc6c54)c3)nc(-c3cccc4c3oc3ccc5ccccc5c34)n2)cc1. The quantitative estimate of drug-likeness (QED) is 0.182. The van der Waals surface area contributed by atoms with Gasteiger partial charge in [0.25, 0.3) is 0 Å². The largest absolute Gasteiger partial charge is 0.455 e. The Bertz CT molecular complexity index is 3540. The van der Waals surface area contributed by atoms with Crippen molar-refractivity contribution in [2.75, 3.05) is 0 Å². The molecular weight excluding hydrogens is 685 g/mol. The Hall–Kier alpha value is -7.63. The van der Waals surface area contributed by atoms with Crippen LogP contribution < -0.4 is 0 Å². The summed E-state index contributed by atoms with van der Waals surface area (Å²) in [7, 11) is 0. The minimum absolute atomic E-state index is 0.558. The molecule has 0 fully saturated rings. The second-order valence-corrected chi connectivity index (χ2v) is 14.4. The minimum atomic E-state index is 0.558. The second-order valence-electron chi connectivity index (χ2n) is 14.4. The van der Waals surface area contributed by atoms with Gasteiger partial charge in [-0.3, -0.25) is 0 Å². The van der Waals surface area contributed by atoms with Crippen LogP contribution in [0.2, 0.25) is 0 Å². The molecule has 56 heavy (non-hydrogen) atoms. The van der Waals surface area contributed by atoms with Crippen LogP contribution in [0.5, 0.6) is 0 Å². The van der Waals surface area contributed by atoms with Gasteiger partial charge in [0, 0.05) is 43.7 Å². The third kappa shape index (κ3) is 4.64. The van der Waals surface area contributed by atoms with Crippen molar-refractivity contribution in [3.05, 3.63) is 182 Å². The van der Waals surface area contributed by atoms with E-state index in [1.165, 1.54) is 43.2 Å². The van der Waals surface area contributed by atoms with E-state index in [1.54, 1.807) is 0 Å². The van der Waals surface area contributed by atoms with Gasteiger partial charge in [0.15, 0.2) is 17.5 Å². The molecule has 3 aromatic heterocycles. The van der Waals surface area contributed by atoms with Gasteiger partial charge in [0.05, 0.1) is 16.6 Å². The van der Waals surface area contributed by atoms with Gasteiger partial charge in [0.2, 0.25) is 0 Å². The molecule has 12 aromatic rings. The van der Waals surface area contributed by atoms with Crippen molar-refractivity contribution in [2.24, 2.45) is 0 Å². The summed E-state index contributed by atoms with van der Waals surface area (Å²) >= 11 is 0. The van der Waals surface area contributed by atoms with E-state index in [0.29, 0.717) is 17.5 Å². The van der Waals surface area contributed by atoms with Gasteiger partial charge in [-0.25, -0.2) is 15.0 Å². The maximum Gasteiger partial charge on any atom is 0.167 e. The van der Waals surface area contributed by atoms with Gasteiger partial charge >= 0.3 is 0 Å². The zero-order valence-electron chi connectivity index (χ0n) is 30.0. The van der Waals surface area contributed by atoms with Crippen LogP contribution in [0.4, 0.5) is 0 Å². The molecule has 0 unspecified atom stereocenters. The minimum Gasteiger partial charge on any atom is -0.455 e. The van der Waals surface area contributed by atoms with Crippen LogP contribution in [0.15, 0.2) is 186 Å². The van der Waals surface area contributed by atoms with Crippen molar-refractivity contribution in [3.63, 3.8) is 0 Å². The van der Waals surface area contributed by atoms with E-state index in [0.717, 1.165) is 55.2 Å². The predicted molar refractivity (Wildman–Crippen MR) is 230 cm³/mol. The predicted octanol–water partition coefficient (Wildman–Crippen LogP) is 13.3. The van der Waals surface area contributed by atoms with Gasteiger partial charge in [-0.05, 0) is 63.3 Å². The van der Waals surface area contributed by atoms with Crippen molar-refractivity contribution in [2.45, 2.75) is 0 Å². The Morgan fingerprint density at radius 1 is 0.393 bits per heavy atom. The van der Waals surface area contributed by atoms with Gasteiger partial charge in [-0.2, -0.15) is 0 Å². The maximum absolute atomic E-state index is 6.65. The fourth-order valence-corrected chi connectivity index (χ4v) is 8.60. The molecule has 9 aromatic carbocycles. The van der Waals surface area contributed by atoms with Crippen LogP contribution in [0, 0.1) is 0 Å². The number of aromatic nitrogens is 4. The van der Waals surface area contributed by atoms with Crippen LogP contribution in [-0.2, 0) is 0 Å². The Morgan fingerprint density at radius 3 is 1.86 bits per heavy atom. The van der Waals surface area contributed by atoms with E-state index in [-0.39, 0.29) is 0 Å². The Morgan fingerprint density at radius 2 is 1.02 bits per heavy atom. The molecular formula is C51H30N4O. The van der Waals surface area contributed by atoms with Crippen LogP contribution in [0.3, 0.4) is 0 Å². The maximum atomic E-state index is 6.65. The normalized spacial score (nSPS) is 11.9. The summed E-state index contributed by atoms with van der Waals surface area (Å²) < 4.78 is 9.05. The molecule has 0 spiro atoms. The zero-order valence-corrected chi connectivity index (χ0v) is 30.0. The molecule has 5 heteroatoms. The number of hydrogen-bond donors (Lipinski definition) is 0. The van der Waals surface area contributed by atoms with Gasteiger partial charge in [-0.1, -0.05) is 146 Å². The first-order chi connectivity index (χ1) is 27.7. The van der Waals surface area contributed by atoms with Gasteiger partial charge in [-0.15, -0.1) is 0 Å². The Balaban J connectivity index is 1.10. The first kappa shape index (κ1) is 30.8. The zero-order chi connectivity index (χ0) is 36.7. The second kappa shape index (κ2) is 11.9. The Labute approximate surface area is 320 Å². The highest BCUT2D eigenvalue weighted by Crippen LogP contribution is 2.41. The number of fused-ring (bicyclic) bond motifs is 11. The average Bonchev–Trinajstić information content (AvgIpc) is 3.82. The molecule has 0 saturated carbocycles. The van der Waals surface area contributed by atoms with Crippen molar-refractivity contribution < 1.29 is 4.42 Å². The standard InChI is InChI=1S/C51H30N4O/c1-2-14-33(15-3-1)49-52-50(54-51(53-49)42-23-11-22-41-46-38-20-8-6-12-31(38)25-27-45(46)56-48(41)42)36-18-10-19-37(28-36)55-44-30-35-17-5-4-16-34(35)29-43(44)40-26-24-32-13-7-9-21-39(32)47(40)55/h1-30H. The summed E-state index contributed by atoms with van der Waals surface area (Å²) in [6.45, 7) is 0. The van der Waals surface area contributed by atoms with E-state index in [1.807, 2.05) is 36.4 Å². The number of nitrogens with zero attached hydrogens (tertiary/aromatic N) is 4. The van der Waals surface area contributed by atoms with E-state index in [4.69, 9.17) is 19.4 Å². The van der Waals surface area contributed by atoms with E-state index >= 15 is 0 Å². The molecule has 0 saturated heterocycles. The first-order valence-electron chi connectivity index (χ1n) is 18.9. The highest BCUT2D eigenvalue weighted by molar-refractivity contribution is 6.22. The lowest BCUT2D eigenvalue weighted by atomic mass is 10.0. The first-order valence-corrected chi connectivity index (χ1v) is 18.9. The van der Waals surface area contributed by atoms with Crippen LogP contribution >= 0.6 is 0 Å². The molecule has 0 radical (unpaired) electrons. The highest BCUT2D eigenvalue weighted by Gasteiger charge is 2.20. The van der Waals surface area contributed by atoms with Gasteiger partial charge < -0.3 is 8.98 Å². The van der Waals surface area contributed by atoms with Crippen LogP contribution in [0.25, 0.3) is 116 Å². The monoisotopic (exact) mass is 714 g/mol. The summed E-state index contributed by atoms with van der Waals surface area (Å²) in [6.07, 6.45) is 0. The van der Waals surface area contributed by atoms with Crippen molar-refractivity contribution in [1.82, 2.24) is 19.5 Å². The van der Waals surface area contributed by atoms with Crippen molar-refractivity contribution >= 4 is 76.1 Å². The van der Waals surface area contributed by atoms with E-state index in [9.17, 15) is 0 Å². The van der Waals surface area contributed by atoms with Crippen molar-refractivity contribution in [1.29, 1.82) is 0 Å². The average molecular weight is 715 g/mol. The third-order valence-corrected chi connectivity index (χ3v) is 11.2. The molecule has 0 aliphatic rings. The summed E-state index contributed by atoms with van der Waals surface area (Å²) in [5.41, 5.74) is 7.58. The van der Waals surface area contributed by atoms with Crippen LogP contribution in [0.1, 0.15) is 0 Å². The molecule has 260 valence electrons. The fourth-order valence-electron chi connectivity index (χ4n) is 8.60. The lowest BCUT2D eigenvalue weighted by Crippen LogP contribution is -2.01. The number of hydrogen-bond acceptors (Lipinski definition) is 4. The molecule has 0 bridgehead atoms. The molecule has 0 N–H and O–H groups in total. The van der Waals surface area contributed by atoms with Crippen LogP contribution in [-0.4, -0.2) is 19.5 Å².